The molecule has 0 fully saturated rings. The molecule has 0 aliphatic carbocycles. The molecule has 1 aromatic heterocycles. The van der Waals surface area contributed by atoms with Crippen LogP contribution in [-0.4, -0.2) is 17.1 Å². The predicted octanol–water partition coefficient (Wildman–Crippen LogP) is 4.26. The smallest absolute Gasteiger partial charge is 0.121 e. The zero-order valence-electron chi connectivity index (χ0n) is 11.5. The molecule has 0 aliphatic heterocycles. The van der Waals surface area contributed by atoms with Gasteiger partial charge in [0.25, 0.3) is 0 Å². The van der Waals surface area contributed by atoms with Crippen molar-refractivity contribution in [3.05, 3.63) is 24.0 Å². The van der Waals surface area contributed by atoms with E-state index in [1.165, 1.54) is 19.3 Å². The van der Waals surface area contributed by atoms with Crippen LogP contribution in [0.25, 0.3) is 11.0 Å². The maximum atomic E-state index is 5.24. The van der Waals surface area contributed by atoms with Gasteiger partial charge in [-0.2, -0.15) is 0 Å². The molecule has 0 aliphatic rings. The summed E-state index contributed by atoms with van der Waals surface area (Å²) < 4.78 is 5.24. The number of aromatic nitrogens is 2. The summed E-state index contributed by atoms with van der Waals surface area (Å²) in [5.41, 5.74) is 2.10. The van der Waals surface area contributed by atoms with Gasteiger partial charge in [0, 0.05) is 12.0 Å². The van der Waals surface area contributed by atoms with Crippen LogP contribution in [0.5, 0.6) is 5.75 Å². The lowest BCUT2D eigenvalue weighted by Gasteiger charge is -2.10. The number of unbranched alkanes of at least 4 members (excludes halogenated alkanes) is 1. The van der Waals surface area contributed by atoms with Crippen molar-refractivity contribution in [3.8, 4) is 5.75 Å². The molecule has 0 radical (unpaired) electrons. The number of hydrogen-bond donors (Lipinski definition) is 1. The molecule has 3 heteroatoms. The van der Waals surface area contributed by atoms with Crippen molar-refractivity contribution >= 4 is 11.0 Å². The Kier molecular flexibility index (Phi) is 4.24. The number of ether oxygens (including phenoxy) is 1. The normalized spacial score (nSPS) is 12.8. The van der Waals surface area contributed by atoms with Gasteiger partial charge < -0.3 is 9.72 Å². The standard InChI is InChI=1S/C15H22N2O/c1-4-6-7-11(5-2)15-16-13-9-8-12(18-3)10-14(13)17-15/h8-11H,4-7H2,1-3H3,(H,16,17). The van der Waals surface area contributed by atoms with Crippen LogP contribution in [0, 0.1) is 0 Å². The zero-order chi connectivity index (χ0) is 13.0. The van der Waals surface area contributed by atoms with Gasteiger partial charge in [-0.1, -0.05) is 26.7 Å². The van der Waals surface area contributed by atoms with Gasteiger partial charge in [0.1, 0.15) is 11.6 Å². The van der Waals surface area contributed by atoms with Crippen LogP contribution < -0.4 is 4.74 Å². The fraction of sp³-hybridized carbons (Fsp3) is 0.533. The molecule has 1 aromatic carbocycles. The second kappa shape index (κ2) is 5.89. The maximum Gasteiger partial charge on any atom is 0.121 e. The van der Waals surface area contributed by atoms with Gasteiger partial charge in [0.15, 0.2) is 0 Å². The van der Waals surface area contributed by atoms with E-state index in [0.29, 0.717) is 5.92 Å². The summed E-state index contributed by atoms with van der Waals surface area (Å²) in [5.74, 6) is 2.54. The highest BCUT2D eigenvalue weighted by Gasteiger charge is 2.13. The number of imidazole rings is 1. The highest BCUT2D eigenvalue weighted by Crippen LogP contribution is 2.26. The first-order chi connectivity index (χ1) is 8.78. The van der Waals surface area contributed by atoms with Gasteiger partial charge >= 0.3 is 0 Å². The topological polar surface area (TPSA) is 37.9 Å². The summed E-state index contributed by atoms with van der Waals surface area (Å²) in [7, 11) is 1.69. The predicted molar refractivity (Wildman–Crippen MR) is 75.2 cm³/mol. The fourth-order valence-corrected chi connectivity index (χ4v) is 2.31. The molecule has 98 valence electrons. The summed E-state index contributed by atoms with van der Waals surface area (Å²) in [6.45, 7) is 4.46. The molecular weight excluding hydrogens is 224 g/mol. The number of H-pyrrole nitrogens is 1. The second-order valence-corrected chi connectivity index (χ2v) is 4.75. The van der Waals surface area contributed by atoms with E-state index in [4.69, 9.17) is 9.72 Å². The monoisotopic (exact) mass is 246 g/mol. The Hall–Kier alpha value is -1.51. The molecule has 3 nitrogen and oxygen atoms in total. The first kappa shape index (κ1) is 12.9. The molecule has 1 atom stereocenters. The number of benzene rings is 1. The van der Waals surface area contributed by atoms with Crippen molar-refractivity contribution in [2.45, 2.75) is 45.4 Å². The Bertz CT molecular complexity index is 504. The summed E-state index contributed by atoms with van der Waals surface area (Å²) in [6, 6.07) is 5.99. The van der Waals surface area contributed by atoms with Crippen molar-refractivity contribution in [1.82, 2.24) is 9.97 Å². The van der Waals surface area contributed by atoms with E-state index in [0.717, 1.165) is 29.0 Å². The summed E-state index contributed by atoms with van der Waals surface area (Å²) in [5, 5.41) is 0. The Morgan fingerprint density at radius 2 is 2.17 bits per heavy atom. The first-order valence-electron chi connectivity index (χ1n) is 6.82. The van der Waals surface area contributed by atoms with Gasteiger partial charge in [0.05, 0.1) is 18.1 Å². The van der Waals surface area contributed by atoms with Crippen molar-refractivity contribution in [3.63, 3.8) is 0 Å². The minimum Gasteiger partial charge on any atom is -0.497 e. The molecule has 0 saturated heterocycles. The zero-order valence-corrected chi connectivity index (χ0v) is 11.5. The van der Waals surface area contributed by atoms with Gasteiger partial charge in [0.2, 0.25) is 0 Å². The Morgan fingerprint density at radius 1 is 1.33 bits per heavy atom. The highest BCUT2D eigenvalue weighted by molar-refractivity contribution is 5.76. The molecule has 2 rings (SSSR count). The SMILES string of the molecule is CCCCC(CC)c1nc2ccc(OC)cc2[nH]1. The van der Waals surface area contributed by atoms with E-state index in [1.54, 1.807) is 7.11 Å². The minimum atomic E-state index is 0.545. The summed E-state index contributed by atoms with van der Waals surface area (Å²) in [6.07, 6.45) is 4.85. The molecule has 0 saturated carbocycles. The molecule has 1 N–H and O–H groups in total. The molecule has 0 amide bonds. The number of aromatic amines is 1. The van der Waals surface area contributed by atoms with Gasteiger partial charge in [-0.05, 0) is 25.0 Å². The number of fused-ring (bicyclic) bond motifs is 1. The highest BCUT2D eigenvalue weighted by atomic mass is 16.5. The number of rotatable bonds is 6. The van der Waals surface area contributed by atoms with E-state index in [1.807, 2.05) is 18.2 Å². The summed E-state index contributed by atoms with van der Waals surface area (Å²) in [4.78, 5) is 8.14. The largest absolute Gasteiger partial charge is 0.497 e. The van der Waals surface area contributed by atoms with Crippen LogP contribution in [0.15, 0.2) is 18.2 Å². The lowest BCUT2D eigenvalue weighted by molar-refractivity contribution is 0.415. The Labute approximate surface area is 109 Å². The first-order valence-corrected chi connectivity index (χ1v) is 6.82. The molecule has 18 heavy (non-hydrogen) atoms. The molecular formula is C15H22N2O. The van der Waals surface area contributed by atoms with Crippen LogP contribution in [-0.2, 0) is 0 Å². The third kappa shape index (κ3) is 2.66. The second-order valence-electron chi connectivity index (χ2n) is 4.75. The summed E-state index contributed by atoms with van der Waals surface area (Å²) >= 11 is 0. The quantitative estimate of drug-likeness (QED) is 0.827. The van der Waals surface area contributed by atoms with Crippen LogP contribution in [0.3, 0.4) is 0 Å². The van der Waals surface area contributed by atoms with E-state index in [2.05, 4.69) is 18.8 Å². The third-order valence-corrected chi connectivity index (χ3v) is 3.49. The van der Waals surface area contributed by atoms with Crippen LogP contribution >= 0.6 is 0 Å². The van der Waals surface area contributed by atoms with E-state index >= 15 is 0 Å². The Morgan fingerprint density at radius 3 is 2.83 bits per heavy atom. The fourth-order valence-electron chi connectivity index (χ4n) is 2.31. The minimum absolute atomic E-state index is 0.545. The van der Waals surface area contributed by atoms with E-state index < -0.39 is 0 Å². The van der Waals surface area contributed by atoms with Gasteiger partial charge in [-0.25, -0.2) is 4.98 Å². The van der Waals surface area contributed by atoms with Crippen molar-refractivity contribution < 1.29 is 4.74 Å². The van der Waals surface area contributed by atoms with Crippen LogP contribution in [0.4, 0.5) is 0 Å². The Balaban J connectivity index is 2.27. The number of methoxy groups -OCH3 is 1. The molecule has 1 heterocycles. The van der Waals surface area contributed by atoms with Crippen LogP contribution in [0.1, 0.15) is 51.3 Å². The lowest BCUT2D eigenvalue weighted by atomic mass is 9.99. The maximum absolute atomic E-state index is 5.24. The van der Waals surface area contributed by atoms with E-state index in [9.17, 15) is 0 Å². The average molecular weight is 246 g/mol. The van der Waals surface area contributed by atoms with Crippen LogP contribution in [0.2, 0.25) is 0 Å². The van der Waals surface area contributed by atoms with Gasteiger partial charge in [-0.3, -0.25) is 0 Å². The van der Waals surface area contributed by atoms with Crippen molar-refractivity contribution in [1.29, 1.82) is 0 Å². The molecule has 0 bridgehead atoms. The van der Waals surface area contributed by atoms with Gasteiger partial charge in [-0.15, -0.1) is 0 Å². The van der Waals surface area contributed by atoms with Crippen molar-refractivity contribution in [2.24, 2.45) is 0 Å². The van der Waals surface area contributed by atoms with Crippen molar-refractivity contribution in [2.75, 3.05) is 7.11 Å². The number of nitrogens with one attached hydrogen (secondary N) is 1. The lowest BCUT2D eigenvalue weighted by Crippen LogP contribution is -1.99. The molecule has 0 spiro atoms. The number of hydrogen-bond acceptors (Lipinski definition) is 2. The molecule has 2 aromatic rings. The third-order valence-electron chi connectivity index (χ3n) is 3.49. The number of nitrogens with zero attached hydrogens (tertiary/aromatic N) is 1. The average Bonchev–Trinajstić information content (AvgIpc) is 2.82. The molecule has 1 unspecified atom stereocenters. The van der Waals surface area contributed by atoms with E-state index in [-0.39, 0.29) is 0 Å².